The molecule has 0 saturated carbocycles. The summed E-state index contributed by atoms with van der Waals surface area (Å²) in [6.45, 7) is 5.84. The van der Waals surface area contributed by atoms with Crippen LogP contribution in [-0.2, 0) is 16.1 Å². The van der Waals surface area contributed by atoms with Gasteiger partial charge in [0, 0.05) is 19.0 Å². The van der Waals surface area contributed by atoms with Gasteiger partial charge in [0.1, 0.15) is 6.04 Å². The molecular weight excluding hydrogens is 250 g/mol. The highest BCUT2D eigenvalue weighted by Gasteiger charge is 2.30. The highest BCUT2D eigenvalue weighted by molar-refractivity contribution is 7.09. The van der Waals surface area contributed by atoms with Crippen molar-refractivity contribution in [3.05, 3.63) is 16.1 Å². The standard InChI is InChI=1S/C12H19N3O2S/c1-8-11(13-4-5-17-8)12(16)15(3)6-10-7-18-9(2)14-10/h7-8,11,13H,4-6H2,1-3H3/t8-,11+/m1/s1. The van der Waals surface area contributed by atoms with E-state index in [-0.39, 0.29) is 18.1 Å². The van der Waals surface area contributed by atoms with Gasteiger partial charge in [-0.1, -0.05) is 0 Å². The number of aromatic nitrogens is 1. The number of thiazole rings is 1. The number of carbonyl (C=O) groups excluding carboxylic acids is 1. The number of amides is 1. The minimum atomic E-state index is -0.247. The Morgan fingerprint density at radius 1 is 1.72 bits per heavy atom. The van der Waals surface area contributed by atoms with E-state index in [2.05, 4.69) is 10.3 Å². The molecule has 1 saturated heterocycles. The second kappa shape index (κ2) is 5.77. The summed E-state index contributed by atoms with van der Waals surface area (Å²) in [6.07, 6.45) is -0.0779. The van der Waals surface area contributed by atoms with E-state index in [0.717, 1.165) is 17.2 Å². The second-order valence-corrected chi connectivity index (χ2v) is 5.62. The molecule has 1 aromatic rings. The summed E-state index contributed by atoms with van der Waals surface area (Å²) in [7, 11) is 1.81. The molecule has 100 valence electrons. The molecule has 0 bridgehead atoms. The maximum atomic E-state index is 12.3. The van der Waals surface area contributed by atoms with E-state index in [9.17, 15) is 4.79 Å². The number of ether oxygens (including phenoxy) is 1. The lowest BCUT2D eigenvalue weighted by Crippen LogP contribution is -2.55. The second-order valence-electron chi connectivity index (χ2n) is 4.56. The number of nitrogens with zero attached hydrogens (tertiary/aromatic N) is 2. The molecule has 0 aliphatic carbocycles. The topological polar surface area (TPSA) is 54.5 Å². The van der Waals surface area contributed by atoms with Gasteiger partial charge in [0.05, 0.1) is 30.0 Å². The van der Waals surface area contributed by atoms with E-state index in [1.54, 1.807) is 23.3 Å². The number of hydrogen-bond acceptors (Lipinski definition) is 5. The van der Waals surface area contributed by atoms with E-state index in [0.29, 0.717) is 13.2 Å². The normalized spacial score (nSPS) is 23.9. The molecule has 6 heteroatoms. The van der Waals surface area contributed by atoms with Crippen molar-refractivity contribution in [2.75, 3.05) is 20.2 Å². The first-order valence-corrected chi connectivity index (χ1v) is 6.97. The zero-order chi connectivity index (χ0) is 13.1. The first kappa shape index (κ1) is 13.5. The summed E-state index contributed by atoms with van der Waals surface area (Å²) in [5, 5.41) is 6.23. The van der Waals surface area contributed by atoms with E-state index in [4.69, 9.17) is 4.74 Å². The Morgan fingerprint density at radius 2 is 2.50 bits per heavy atom. The molecule has 1 fully saturated rings. The Labute approximate surface area is 111 Å². The average molecular weight is 269 g/mol. The Balaban J connectivity index is 1.95. The molecule has 1 aliphatic rings. The minimum absolute atomic E-state index is 0.0628. The number of carbonyl (C=O) groups is 1. The van der Waals surface area contributed by atoms with Crippen LogP contribution in [-0.4, -0.2) is 48.1 Å². The van der Waals surface area contributed by atoms with Crippen LogP contribution in [0.25, 0.3) is 0 Å². The van der Waals surface area contributed by atoms with Crippen molar-refractivity contribution in [1.29, 1.82) is 0 Å². The molecule has 1 aliphatic heterocycles. The third-order valence-corrected chi connectivity index (χ3v) is 3.85. The van der Waals surface area contributed by atoms with Crippen LogP contribution < -0.4 is 5.32 Å². The third kappa shape index (κ3) is 3.07. The molecule has 0 spiro atoms. The number of likely N-dealkylation sites (N-methyl/N-ethyl adjacent to an activating group) is 1. The molecular formula is C12H19N3O2S. The van der Waals surface area contributed by atoms with Gasteiger partial charge in [0.15, 0.2) is 0 Å². The van der Waals surface area contributed by atoms with E-state index < -0.39 is 0 Å². The molecule has 0 aromatic carbocycles. The van der Waals surface area contributed by atoms with Gasteiger partial charge in [0.25, 0.3) is 0 Å². The quantitative estimate of drug-likeness (QED) is 0.881. The summed E-state index contributed by atoms with van der Waals surface area (Å²) in [4.78, 5) is 18.4. The van der Waals surface area contributed by atoms with Crippen molar-refractivity contribution in [1.82, 2.24) is 15.2 Å². The van der Waals surface area contributed by atoms with Gasteiger partial charge < -0.3 is 15.0 Å². The Kier molecular flexibility index (Phi) is 4.31. The van der Waals surface area contributed by atoms with Crippen molar-refractivity contribution in [2.24, 2.45) is 0 Å². The van der Waals surface area contributed by atoms with E-state index in [1.807, 2.05) is 19.2 Å². The summed E-state index contributed by atoms with van der Waals surface area (Å²) >= 11 is 1.60. The van der Waals surface area contributed by atoms with Crippen LogP contribution in [0.3, 0.4) is 0 Å². The van der Waals surface area contributed by atoms with E-state index >= 15 is 0 Å². The van der Waals surface area contributed by atoms with Gasteiger partial charge >= 0.3 is 0 Å². The summed E-state index contributed by atoms with van der Waals surface area (Å²) in [5.41, 5.74) is 0.942. The summed E-state index contributed by atoms with van der Waals surface area (Å²) in [6, 6.07) is -0.247. The molecule has 1 amide bonds. The molecule has 2 heterocycles. The largest absolute Gasteiger partial charge is 0.375 e. The predicted molar refractivity (Wildman–Crippen MR) is 70.5 cm³/mol. The first-order valence-electron chi connectivity index (χ1n) is 6.09. The number of nitrogens with one attached hydrogen (secondary N) is 1. The Bertz CT molecular complexity index is 421. The number of morpholine rings is 1. The number of hydrogen-bond donors (Lipinski definition) is 1. The van der Waals surface area contributed by atoms with Crippen LogP contribution in [0.5, 0.6) is 0 Å². The van der Waals surface area contributed by atoms with E-state index in [1.165, 1.54) is 0 Å². The molecule has 18 heavy (non-hydrogen) atoms. The smallest absolute Gasteiger partial charge is 0.242 e. The van der Waals surface area contributed by atoms with Crippen LogP contribution in [0.4, 0.5) is 0 Å². The maximum Gasteiger partial charge on any atom is 0.242 e. The van der Waals surface area contributed by atoms with Gasteiger partial charge in [0.2, 0.25) is 5.91 Å². The predicted octanol–water partition coefficient (Wildman–Crippen LogP) is 0.787. The molecule has 5 nitrogen and oxygen atoms in total. The van der Waals surface area contributed by atoms with Gasteiger partial charge in [-0.25, -0.2) is 4.98 Å². The van der Waals surface area contributed by atoms with Gasteiger partial charge in [-0.15, -0.1) is 11.3 Å². The highest BCUT2D eigenvalue weighted by atomic mass is 32.1. The van der Waals surface area contributed by atoms with Crippen molar-refractivity contribution in [3.63, 3.8) is 0 Å². The van der Waals surface area contributed by atoms with Crippen LogP contribution in [0, 0.1) is 6.92 Å². The van der Waals surface area contributed by atoms with Crippen LogP contribution in [0.1, 0.15) is 17.6 Å². The number of rotatable bonds is 3. The molecule has 1 N–H and O–H groups in total. The van der Waals surface area contributed by atoms with Crippen molar-refractivity contribution in [2.45, 2.75) is 32.5 Å². The highest BCUT2D eigenvalue weighted by Crippen LogP contribution is 2.12. The van der Waals surface area contributed by atoms with Crippen molar-refractivity contribution in [3.8, 4) is 0 Å². The lowest BCUT2D eigenvalue weighted by molar-refractivity contribution is -0.138. The molecule has 0 unspecified atom stereocenters. The monoisotopic (exact) mass is 269 g/mol. The zero-order valence-corrected chi connectivity index (χ0v) is 11.8. The van der Waals surface area contributed by atoms with Gasteiger partial charge in [-0.2, -0.15) is 0 Å². The minimum Gasteiger partial charge on any atom is -0.375 e. The Morgan fingerprint density at radius 3 is 3.11 bits per heavy atom. The fraction of sp³-hybridized carbons (Fsp3) is 0.667. The van der Waals surface area contributed by atoms with Crippen molar-refractivity contribution >= 4 is 17.2 Å². The fourth-order valence-electron chi connectivity index (χ4n) is 2.05. The first-order chi connectivity index (χ1) is 8.58. The lowest BCUT2D eigenvalue weighted by atomic mass is 10.1. The molecule has 2 rings (SSSR count). The van der Waals surface area contributed by atoms with Gasteiger partial charge in [-0.3, -0.25) is 4.79 Å². The van der Waals surface area contributed by atoms with Crippen LogP contribution in [0.15, 0.2) is 5.38 Å². The third-order valence-electron chi connectivity index (χ3n) is 3.02. The summed E-state index contributed by atoms with van der Waals surface area (Å²) < 4.78 is 5.49. The molecule has 1 aromatic heterocycles. The van der Waals surface area contributed by atoms with Crippen molar-refractivity contribution < 1.29 is 9.53 Å². The molecule has 0 radical (unpaired) electrons. The summed E-state index contributed by atoms with van der Waals surface area (Å²) in [5.74, 6) is 0.0628. The average Bonchev–Trinajstić information content (AvgIpc) is 2.74. The SMILES string of the molecule is Cc1nc(CN(C)C(=O)[C@H]2NCCO[C@@H]2C)cs1. The fourth-order valence-corrected chi connectivity index (χ4v) is 2.65. The maximum absolute atomic E-state index is 12.3. The van der Waals surface area contributed by atoms with Crippen LogP contribution >= 0.6 is 11.3 Å². The molecule has 2 atom stereocenters. The Hall–Kier alpha value is -0.980. The zero-order valence-electron chi connectivity index (χ0n) is 11.0. The van der Waals surface area contributed by atoms with Gasteiger partial charge in [-0.05, 0) is 13.8 Å². The lowest BCUT2D eigenvalue weighted by Gasteiger charge is -2.32. The van der Waals surface area contributed by atoms with Crippen LogP contribution in [0.2, 0.25) is 0 Å². The number of aryl methyl sites for hydroxylation is 1.